The molecular weight excluding hydrogens is 386 g/mol. The fourth-order valence-electron chi connectivity index (χ4n) is 2.26. The summed E-state index contributed by atoms with van der Waals surface area (Å²) in [6.07, 6.45) is 1.72. The number of carboxylic acid groups (broad SMARTS) is 1. The first-order valence-electron chi connectivity index (χ1n) is 8.26. The van der Waals surface area contributed by atoms with Gasteiger partial charge in [0.05, 0.1) is 27.1 Å². The summed E-state index contributed by atoms with van der Waals surface area (Å²) in [6.45, 7) is 3.72. The molecule has 1 amide bonds. The Morgan fingerprint density at radius 3 is 2.74 bits per heavy atom. The van der Waals surface area contributed by atoms with Gasteiger partial charge in [-0.25, -0.2) is 9.78 Å². The van der Waals surface area contributed by atoms with Gasteiger partial charge < -0.3 is 10.4 Å². The van der Waals surface area contributed by atoms with E-state index in [0.29, 0.717) is 10.6 Å². The van der Waals surface area contributed by atoms with Gasteiger partial charge in [0.2, 0.25) is 5.91 Å². The van der Waals surface area contributed by atoms with Crippen LogP contribution in [0.25, 0.3) is 0 Å². The standard InChI is InChI=1S/C19H18ClN3O3S/c1-3-4-14-7-5-13(10-21)18(22-14)27-11(2)17(24)23-16-9-12(19(25)26)6-8-15(16)20/h5-9,11H,3-4H2,1-2H3,(H,23,24)(H,25,26). The Labute approximate surface area is 166 Å². The van der Waals surface area contributed by atoms with Crippen LogP contribution < -0.4 is 5.32 Å². The number of pyridine rings is 1. The zero-order valence-corrected chi connectivity index (χ0v) is 16.4. The number of rotatable bonds is 7. The molecule has 0 spiro atoms. The molecule has 0 fully saturated rings. The third kappa shape index (κ3) is 5.46. The quantitative estimate of drug-likeness (QED) is 0.665. The number of carbonyl (C=O) groups excluding carboxylic acids is 1. The van der Waals surface area contributed by atoms with E-state index in [0.717, 1.165) is 18.5 Å². The van der Waals surface area contributed by atoms with E-state index >= 15 is 0 Å². The highest BCUT2D eigenvalue weighted by molar-refractivity contribution is 8.00. The summed E-state index contributed by atoms with van der Waals surface area (Å²) >= 11 is 7.22. The number of anilines is 1. The fourth-order valence-corrected chi connectivity index (χ4v) is 3.33. The van der Waals surface area contributed by atoms with E-state index in [1.54, 1.807) is 13.0 Å². The number of aryl methyl sites for hydroxylation is 1. The molecule has 0 bridgehead atoms. The molecule has 0 radical (unpaired) electrons. The summed E-state index contributed by atoms with van der Waals surface area (Å²) in [5, 5.41) is 21.1. The van der Waals surface area contributed by atoms with Crippen molar-refractivity contribution in [1.82, 2.24) is 4.98 Å². The Morgan fingerprint density at radius 1 is 1.37 bits per heavy atom. The zero-order chi connectivity index (χ0) is 20.0. The second-order valence-corrected chi connectivity index (χ2v) is 7.50. The summed E-state index contributed by atoms with van der Waals surface area (Å²) in [7, 11) is 0. The molecule has 1 atom stereocenters. The SMILES string of the molecule is CCCc1ccc(C#N)c(SC(C)C(=O)Nc2cc(C(=O)O)ccc2Cl)n1. The van der Waals surface area contributed by atoms with Crippen molar-refractivity contribution in [2.24, 2.45) is 0 Å². The summed E-state index contributed by atoms with van der Waals surface area (Å²) in [6, 6.07) is 9.69. The molecule has 1 heterocycles. The van der Waals surface area contributed by atoms with Crippen molar-refractivity contribution in [3.05, 3.63) is 52.2 Å². The maximum Gasteiger partial charge on any atom is 0.335 e. The highest BCUT2D eigenvalue weighted by Gasteiger charge is 2.19. The third-order valence-corrected chi connectivity index (χ3v) is 5.11. The first-order chi connectivity index (χ1) is 12.8. The van der Waals surface area contributed by atoms with Crippen LogP contribution in [0.2, 0.25) is 5.02 Å². The second-order valence-electron chi connectivity index (χ2n) is 5.77. The molecule has 27 heavy (non-hydrogen) atoms. The van der Waals surface area contributed by atoms with Gasteiger partial charge in [-0.05, 0) is 43.7 Å². The molecule has 0 saturated carbocycles. The normalized spacial score (nSPS) is 11.5. The average Bonchev–Trinajstić information content (AvgIpc) is 2.63. The Hall–Kier alpha value is -2.56. The van der Waals surface area contributed by atoms with Gasteiger partial charge in [-0.2, -0.15) is 5.26 Å². The maximum absolute atomic E-state index is 12.5. The number of hydrogen-bond donors (Lipinski definition) is 2. The van der Waals surface area contributed by atoms with Crippen molar-refractivity contribution in [3.63, 3.8) is 0 Å². The zero-order valence-electron chi connectivity index (χ0n) is 14.8. The van der Waals surface area contributed by atoms with E-state index in [9.17, 15) is 14.9 Å². The summed E-state index contributed by atoms with van der Waals surface area (Å²) in [4.78, 5) is 28.1. The minimum absolute atomic E-state index is 0.0238. The van der Waals surface area contributed by atoms with Gasteiger partial charge in [-0.1, -0.05) is 36.7 Å². The van der Waals surface area contributed by atoms with Crippen molar-refractivity contribution in [1.29, 1.82) is 5.26 Å². The van der Waals surface area contributed by atoms with E-state index in [1.165, 1.54) is 30.0 Å². The van der Waals surface area contributed by atoms with Crippen LogP contribution in [0.3, 0.4) is 0 Å². The molecule has 0 aliphatic heterocycles. The molecule has 140 valence electrons. The summed E-state index contributed by atoms with van der Waals surface area (Å²) in [5.74, 6) is -1.48. The smallest absolute Gasteiger partial charge is 0.335 e. The number of benzene rings is 1. The third-order valence-electron chi connectivity index (χ3n) is 3.67. The predicted octanol–water partition coefficient (Wildman–Crippen LogP) is 4.38. The Kier molecular flexibility index (Phi) is 7.22. The Morgan fingerprint density at radius 2 is 2.11 bits per heavy atom. The number of aromatic carboxylic acids is 1. The molecule has 1 aromatic carbocycles. The van der Waals surface area contributed by atoms with Gasteiger partial charge in [0, 0.05) is 5.69 Å². The van der Waals surface area contributed by atoms with Gasteiger partial charge in [-0.3, -0.25) is 4.79 Å². The van der Waals surface area contributed by atoms with Crippen molar-refractivity contribution in [2.45, 2.75) is 37.0 Å². The summed E-state index contributed by atoms with van der Waals surface area (Å²) in [5.41, 5.74) is 1.52. The van der Waals surface area contributed by atoms with Crippen LogP contribution in [0.4, 0.5) is 5.69 Å². The highest BCUT2D eigenvalue weighted by atomic mass is 35.5. The molecule has 0 aliphatic rings. The number of hydrogen-bond acceptors (Lipinski definition) is 5. The van der Waals surface area contributed by atoms with Crippen LogP contribution in [-0.4, -0.2) is 27.2 Å². The van der Waals surface area contributed by atoms with E-state index in [1.807, 2.05) is 13.0 Å². The molecule has 8 heteroatoms. The lowest BCUT2D eigenvalue weighted by Gasteiger charge is -2.14. The van der Waals surface area contributed by atoms with E-state index < -0.39 is 11.2 Å². The monoisotopic (exact) mass is 403 g/mol. The van der Waals surface area contributed by atoms with Gasteiger partial charge in [0.15, 0.2) is 0 Å². The topological polar surface area (TPSA) is 103 Å². The molecule has 0 aliphatic carbocycles. The minimum Gasteiger partial charge on any atom is -0.478 e. The number of thioether (sulfide) groups is 1. The van der Waals surface area contributed by atoms with Gasteiger partial charge >= 0.3 is 5.97 Å². The van der Waals surface area contributed by atoms with Crippen molar-refractivity contribution in [2.75, 3.05) is 5.32 Å². The molecular formula is C19H18ClN3O3S. The number of amides is 1. The lowest BCUT2D eigenvalue weighted by atomic mass is 10.2. The predicted molar refractivity (Wildman–Crippen MR) is 105 cm³/mol. The number of carboxylic acids is 1. The first-order valence-corrected chi connectivity index (χ1v) is 9.51. The molecule has 1 aromatic heterocycles. The number of aromatic nitrogens is 1. The van der Waals surface area contributed by atoms with Crippen LogP contribution in [0, 0.1) is 11.3 Å². The molecule has 0 saturated heterocycles. The van der Waals surface area contributed by atoms with Crippen LogP contribution in [0.5, 0.6) is 0 Å². The first kappa shape index (κ1) is 20.7. The van der Waals surface area contributed by atoms with Crippen molar-refractivity contribution in [3.8, 4) is 6.07 Å². The van der Waals surface area contributed by atoms with Crippen molar-refractivity contribution < 1.29 is 14.7 Å². The molecule has 2 N–H and O–H groups in total. The minimum atomic E-state index is -1.11. The molecule has 2 aromatic rings. The van der Waals surface area contributed by atoms with E-state index in [-0.39, 0.29) is 22.2 Å². The fraction of sp³-hybridized carbons (Fsp3) is 0.263. The van der Waals surface area contributed by atoms with Crippen LogP contribution in [0.15, 0.2) is 35.4 Å². The number of nitriles is 1. The Balaban J connectivity index is 2.17. The van der Waals surface area contributed by atoms with Crippen molar-refractivity contribution >= 4 is 40.9 Å². The highest BCUT2D eigenvalue weighted by Crippen LogP contribution is 2.28. The number of carbonyl (C=O) groups is 2. The lowest BCUT2D eigenvalue weighted by Crippen LogP contribution is -2.23. The Bertz CT molecular complexity index is 912. The lowest BCUT2D eigenvalue weighted by molar-refractivity contribution is -0.115. The van der Waals surface area contributed by atoms with Gasteiger partial charge in [0.1, 0.15) is 11.1 Å². The average molecular weight is 404 g/mol. The van der Waals surface area contributed by atoms with E-state index in [2.05, 4.69) is 16.4 Å². The maximum atomic E-state index is 12.5. The van der Waals surface area contributed by atoms with Crippen LogP contribution >= 0.6 is 23.4 Å². The van der Waals surface area contributed by atoms with Gasteiger partial charge in [0.25, 0.3) is 0 Å². The van der Waals surface area contributed by atoms with Crippen LogP contribution in [0.1, 0.15) is 41.9 Å². The summed E-state index contributed by atoms with van der Waals surface area (Å²) < 4.78 is 0. The largest absolute Gasteiger partial charge is 0.478 e. The molecule has 1 unspecified atom stereocenters. The number of nitrogens with one attached hydrogen (secondary N) is 1. The molecule has 6 nitrogen and oxygen atoms in total. The number of nitrogens with zero attached hydrogens (tertiary/aromatic N) is 2. The molecule has 2 rings (SSSR count). The number of halogens is 1. The van der Waals surface area contributed by atoms with Crippen LogP contribution in [-0.2, 0) is 11.2 Å². The van der Waals surface area contributed by atoms with Gasteiger partial charge in [-0.15, -0.1) is 0 Å². The second kappa shape index (κ2) is 9.40. The van der Waals surface area contributed by atoms with E-state index in [4.69, 9.17) is 16.7 Å².